The molecule has 3 fully saturated rings. The lowest BCUT2D eigenvalue weighted by Gasteiger charge is -2.26. The van der Waals surface area contributed by atoms with E-state index in [2.05, 4.69) is 34.4 Å². The molecule has 14 atom stereocenters. The van der Waals surface area contributed by atoms with Gasteiger partial charge in [0, 0.05) is 12.3 Å². The Kier molecular flexibility index (Phi) is 13.0. The van der Waals surface area contributed by atoms with Gasteiger partial charge in [-0.05, 0) is 0 Å². The fourth-order valence-electron chi connectivity index (χ4n) is 7.33. The number of hydrogen-bond donors (Lipinski definition) is 12. The molecule has 0 aromatic carbocycles. The van der Waals surface area contributed by atoms with Gasteiger partial charge in [0.25, 0.3) is 11.1 Å². The Bertz CT molecular complexity index is 2940. The van der Waals surface area contributed by atoms with E-state index in [9.17, 15) is 68.1 Å². The van der Waals surface area contributed by atoms with Gasteiger partial charge >= 0.3 is 29.2 Å². The molecule has 0 amide bonds. The van der Waals surface area contributed by atoms with Crippen molar-refractivity contribution in [2.75, 3.05) is 31.3 Å². The van der Waals surface area contributed by atoms with E-state index in [0.29, 0.717) is 4.57 Å². The highest BCUT2D eigenvalue weighted by Gasteiger charge is 2.54. The SMILES string of the molecule is Nc1nc2c(ncn2[C@@H]2O[C@H](CO)[C@@H](OP(=O)(O)OC[C@H]3O[C@@H](n4cnc5c(N)ncnc54)[C@H](O)[C@@H]3OP(=O)(O)OC[C@H]3O[C@@H](n4ccc(=O)[nH]c4=O)[C@H](O)[C@@H]3OP(=O)(O)O)[C@H]2O)c(=O)[nH]1. The molecule has 0 radical (unpaired) electrons. The first kappa shape index (κ1) is 47.7. The zero-order valence-electron chi connectivity index (χ0n) is 32.8. The molecule has 0 spiro atoms. The fraction of sp³-hybridized carbons (Fsp3) is 0.517. The lowest BCUT2D eigenvalue weighted by molar-refractivity contribution is -0.0630. The highest BCUT2D eigenvalue weighted by Crippen LogP contribution is 2.53. The summed E-state index contributed by atoms with van der Waals surface area (Å²) in [6.07, 6.45) is -18.2. The predicted molar refractivity (Wildman–Crippen MR) is 209 cm³/mol. The molecular weight excluding hydrogens is 961 g/mol. The van der Waals surface area contributed by atoms with E-state index in [4.69, 9.17) is 43.8 Å². The second-order valence-electron chi connectivity index (χ2n) is 14.5. The molecule has 37 heteroatoms. The lowest BCUT2D eigenvalue weighted by Crippen LogP contribution is -2.39. The number of aromatic nitrogens is 10. The number of nitrogens with two attached hydrogens (primary N) is 2. The van der Waals surface area contributed by atoms with Gasteiger partial charge in [0.1, 0.15) is 66.8 Å². The number of aromatic amines is 2. The highest BCUT2D eigenvalue weighted by molar-refractivity contribution is 7.47. The van der Waals surface area contributed by atoms with Gasteiger partial charge in [0.15, 0.2) is 41.3 Å². The Morgan fingerprint density at radius 1 is 0.682 bits per heavy atom. The number of H-pyrrole nitrogens is 2. The molecule has 5 aromatic heterocycles. The van der Waals surface area contributed by atoms with Crippen LogP contribution in [0.3, 0.4) is 0 Å². The summed E-state index contributed by atoms with van der Waals surface area (Å²) in [6.45, 7) is -3.22. The van der Waals surface area contributed by atoms with E-state index >= 15 is 0 Å². The van der Waals surface area contributed by atoms with Crippen LogP contribution in [-0.2, 0) is 50.5 Å². The van der Waals surface area contributed by atoms with Gasteiger partial charge in [0.2, 0.25) is 5.95 Å². The third-order valence-corrected chi connectivity index (χ3v) is 12.7. The summed E-state index contributed by atoms with van der Waals surface area (Å²) in [5.41, 5.74) is 8.40. The van der Waals surface area contributed by atoms with Crippen LogP contribution in [0.1, 0.15) is 18.7 Å². The van der Waals surface area contributed by atoms with Crippen molar-refractivity contribution in [1.82, 2.24) is 48.6 Å². The summed E-state index contributed by atoms with van der Waals surface area (Å²) in [6, 6.07) is 0.854. The van der Waals surface area contributed by atoms with Gasteiger partial charge < -0.3 is 65.7 Å². The number of nitrogens with zero attached hydrogens (tertiary/aromatic N) is 8. The number of phosphoric ester groups is 3. The van der Waals surface area contributed by atoms with Crippen molar-refractivity contribution in [1.29, 1.82) is 0 Å². The minimum Gasteiger partial charge on any atom is -0.394 e. The molecule has 0 saturated carbocycles. The zero-order chi connectivity index (χ0) is 47.6. The van der Waals surface area contributed by atoms with Crippen molar-refractivity contribution in [3.8, 4) is 0 Å². The Balaban J connectivity index is 1.01. The zero-order valence-corrected chi connectivity index (χ0v) is 35.5. The molecule has 3 aliphatic heterocycles. The maximum absolute atomic E-state index is 13.6. The Morgan fingerprint density at radius 2 is 1.20 bits per heavy atom. The number of imidazole rings is 2. The number of rotatable bonds is 16. The largest absolute Gasteiger partial charge is 0.472 e. The second-order valence-corrected chi connectivity index (χ2v) is 18.5. The smallest absolute Gasteiger partial charge is 0.394 e. The molecule has 66 heavy (non-hydrogen) atoms. The molecule has 360 valence electrons. The van der Waals surface area contributed by atoms with Crippen LogP contribution in [0, 0.1) is 0 Å². The summed E-state index contributed by atoms with van der Waals surface area (Å²) in [4.78, 5) is 101. The van der Waals surface area contributed by atoms with Gasteiger partial charge in [-0.2, -0.15) is 4.98 Å². The maximum Gasteiger partial charge on any atom is 0.472 e. The topological polar surface area (TPSA) is 501 Å². The van der Waals surface area contributed by atoms with Crippen LogP contribution >= 0.6 is 23.5 Å². The monoisotopic (exact) mass is 998 g/mol. The number of nitrogen functional groups attached to an aromatic ring is 2. The highest BCUT2D eigenvalue weighted by atomic mass is 31.2. The molecule has 3 saturated heterocycles. The van der Waals surface area contributed by atoms with Crippen LogP contribution in [0.15, 0.2) is 45.6 Å². The van der Waals surface area contributed by atoms with E-state index < -0.39 is 134 Å². The van der Waals surface area contributed by atoms with Gasteiger partial charge in [-0.1, -0.05) is 0 Å². The minimum atomic E-state index is -5.57. The number of fused-ring (bicyclic) bond motifs is 2. The van der Waals surface area contributed by atoms with Crippen molar-refractivity contribution < 1.29 is 90.5 Å². The standard InChI is InChI=1S/C29H37N12O22P3/c30-21-13-22(33-6-32-21)40(7-34-13)26-17(46)20(63-66(54,55)56-4-10-19(61-64(49,50)51)16(45)25(59-10)39-2-1-12(43)36-29(39)48)11(60-26)5-57-65(52,53)62-18-9(3-42)58-27(15(18)44)41-8-35-14-23(41)37-28(31)38-24(14)47/h1-2,6-11,15-20,25-27,42,44-46H,3-5H2,(H,52,53)(H,54,55)(H2,30,32,33)(H,36,43,48)(H2,49,50,51)(H3,31,37,38,47)/t9-,10-,11-,15-,16-,17-,18-,19-,20-,25-,26-,27-/m1/s1. The van der Waals surface area contributed by atoms with Crippen molar-refractivity contribution in [3.63, 3.8) is 0 Å². The first-order valence-corrected chi connectivity index (χ1v) is 23.2. The predicted octanol–water partition coefficient (Wildman–Crippen LogP) is -5.08. The molecule has 5 aromatic rings. The number of anilines is 2. The van der Waals surface area contributed by atoms with E-state index in [-0.39, 0.29) is 34.1 Å². The van der Waals surface area contributed by atoms with E-state index in [1.807, 2.05) is 4.98 Å². The van der Waals surface area contributed by atoms with Gasteiger partial charge in [-0.25, -0.2) is 38.4 Å². The molecule has 8 rings (SSSR count). The van der Waals surface area contributed by atoms with Gasteiger partial charge in [-0.15, -0.1) is 0 Å². The number of aliphatic hydroxyl groups excluding tert-OH is 4. The van der Waals surface area contributed by atoms with Crippen LogP contribution in [0.4, 0.5) is 11.8 Å². The fourth-order valence-corrected chi connectivity index (χ4v) is 9.84. The number of aliphatic hydroxyl groups is 4. The lowest BCUT2D eigenvalue weighted by atomic mass is 10.1. The third kappa shape index (κ3) is 9.52. The van der Waals surface area contributed by atoms with E-state index in [0.717, 1.165) is 40.4 Å². The Labute approximate surface area is 363 Å². The summed E-state index contributed by atoms with van der Waals surface area (Å²) in [5.74, 6) is -0.427. The van der Waals surface area contributed by atoms with Crippen molar-refractivity contribution >= 4 is 57.6 Å². The first-order chi connectivity index (χ1) is 31.0. The van der Waals surface area contributed by atoms with Crippen LogP contribution in [0.2, 0.25) is 0 Å². The van der Waals surface area contributed by atoms with Crippen LogP contribution < -0.4 is 28.3 Å². The molecule has 3 aliphatic rings. The van der Waals surface area contributed by atoms with E-state index in [1.165, 1.54) is 0 Å². The summed E-state index contributed by atoms with van der Waals surface area (Å²) in [5, 5.41) is 43.7. The number of hydrogen-bond acceptors (Lipinski definition) is 25. The van der Waals surface area contributed by atoms with Gasteiger partial charge in [0.05, 0.1) is 32.5 Å². The average Bonchev–Trinajstić information content (AvgIpc) is 4.05. The normalized spacial score (nSPS) is 31.2. The number of ether oxygens (including phenoxy) is 3. The van der Waals surface area contributed by atoms with Gasteiger partial charge in [-0.3, -0.25) is 55.9 Å². The van der Waals surface area contributed by atoms with Crippen LogP contribution in [-0.4, -0.2) is 163 Å². The molecule has 2 unspecified atom stereocenters. The number of phosphoric acid groups is 3. The number of nitrogens with one attached hydrogen (secondary N) is 2. The van der Waals surface area contributed by atoms with E-state index in [1.54, 1.807) is 0 Å². The first-order valence-electron chi connectivity index (χ1n) is 18.7. The quantitative estimate of drug-likeness (QED) is 0.0412. The van der Waals surface area contributed by atoms with Crippen LogP contribution in [0.5, 0.6) is 0 Å². The summed E-state index contributed by atoms with van der Waals surface area (Å²) < 4.78 is 84.1. The van der Waals surface area contributed by atoms with Crippen molar-refractivity contribution in [2.45, 2.75) is 73.6 Å². The van der Waals surface area contributed by atoms with Crippen molar-refractivity contribution in [3.05, 3.63) is 62.4 Å². The minimum absolute atomic E-state index is 0.0203. The maximum atomic E-state index is 13.6. The molecule has 34 nitrogen and oxygen atoms in total. The molecular formula is C29H37N12O22P3. The summed E-state index contributed by atoms with van der Waals surface area (Å²) in [7, 11) is -16.5. The molecule has 8 heterocycles. The average molecular weight is 999 g/mol. The molecule has 0 aliphatic carbocycles. The Hall–Kier alpha value is -4.77. The molecule has 0 bridgehead atoms. The Morgan fingerprint density at radius 3 is 1.76 bits per heavy atom. The van der Waals surface area contributed by atoms with Crippen molar-refractivity contribution in [2.24, 2.45) is 0 Å². The summed E-state index contributed by atoms with van der Waals surface area (Å²) >= 11 is 0. The van der Waals surface area contributed by atoms with Crippen LogP contribution in [0.25, 0.3) is 22.3 Å². The molecule has 14 N–H and O–H groups in total. The third-order valence-electron chi connectivity index (χ3n) is 10.2. The second kappa shape index (κ2) is 18.0.